The molecule has 1 rings (SSSR count). The molecule has 112 valence electrons. The highest BCUT2D eigenvalue weighted by atomic mass is 16.7. The SMILES string of the molecule is CC(C)CCC(=O)CCCC(=O)ON1C(=O)CCC1=O. The number of Topliss-reactive ketones (excluding diaryl/α,β-unsaturated/α-hetero) is 1. The topological polar surface area (TPSA) is 80.8 Å². The van der Waals surface area contributed by atoms with Crippen molar-refractivity contribution in [3.8, 4) is 0 Å². The zero-order valence-electron chi connectivity index (χ0n) is 12.0. The van der Waals surface area contributed by atoms with Gasteiger partial charge in [-0.1, -0.05) is 13.8 Å². The fourth-order valence-corrected chi connectivity index (χ4v) is 1.81. The van der Waals surface area contributed by atoms with Crippen molar-refractivity contribution in [3.63, 3.8) is 0 Å². The van der Waals surface area contributed by atoms with Crippen LogP contribution in [0.3, 0.4) is 0 Å². The minimum atomic E-state index is -0.648. The number of hydroxylamine groups is 2. The maximum Gasteiger partial charge on any atom is 0.333 e. The molecule has 0 atom stereocenters. The molecule has 0 aliphatic carbocycles. The summed E-state index contributed by atoms with van der Waals surface area (Å²) in [5, 5.41) is 0.531. The monoisotopic (exact) mass is 283 g/mol. The standard InChI is InChI=1S/C14H21NO5/c1-10(2)6-7-11(16)4-3-5-14(19)20-15-12(17)8-9-13(15)18/h10H,3-9H2,1-2H3. The molecular formula is C14H21NO5. The van der Waals surface area contributed by atoms with E-state index in [0.29, 0.717) is 30.2 Å². The fourth-order valence-electron chi connectivity index (χ4n) is 1.81. The molecule has 20 heavy (non-hydrogen) atoms. The smallest absolute Gasteiger partial charge is 0.330 e. The molecule has 0 bridgehead atoms. The lowest BCUT2D eigenvalue weighted by Gasteiger charge is -2.12. The van der Waals surface area contributed by atoms with Gasteiger partial charge < -0.3 is 4.84 Å². The molecule has 1 heterocycles. The normalized spacial score (nSPS) is 15.1. The third kappa shape index (κ3) is 5.50. The van der Waals surface area contributed by atoms with E-state index >= 15 is 0 Å². The van der Waals surface area contributed by atoms with E-state index in [-0.39, 0.29) is 25.0 Å². The van der Waals surface area contributed by atoms with Crippen LogP contribution >= 0.6 is 0 Å². The Balaban J connectivity index is 2.19. The molecule has 2 amide bonds. The number of amides is 2. The summed E-state index contributed by atoms with van der Waals surface area (Å²) < 4.78 is 0. The van der Waals surface area contributed by atoms with Crippen LogP contribution in [0.4, 0.5) is 0 Å². The first-order valence-corrected chi connectivity index (χ1v) is 6.98. The van der Waals surface area contributed by atoms with Crippen molar-refractivity contribution in [3.05, 3.63) is 0 Å². The van der Waals surface area contributed by atoms with Gasteiger partial charge in [0.2, 0.25) is 0 Å². The van der Waals surface area contributed by atoms with Gasteiger partial charge >= 0.3 is 5.97 Å². The van der Waals surface area contributed by atoms with Crippen molar-refractivity contribution in [2.24, 2.45) is 5.92 Å². The molecule has 1 aliphatic rings. The highest BCUT2D eigenvalue weighted by Gasteiger charge is 2.32. The van der Waals surface area contributed by atoms with Crippen LogP contribution in [0.25, 0.3) is 0 Å². The fraction of sp³-hybridized carbons (Fsp3) is 0.714. The molecule has 0 saturated carbocycles. The van der Waals surface area contributed by atoms with Gasteiger partial charge in [0.1, 0.15) is 5.78 Å². The number of carbonyl (C=O) groups excluding carboxylic acids is 4. The average Bonchev–Trinajstić information content (AvgIpc) is 2.68. The molecular weight excluding hydrogens is 262 g/mol. The van der Waals surface area contributed by atoms with Gasteiger partial charge in [-0.25, -0.2) is 4.79 Å². The summed E-state index contributed by atoms with van der Waals surface area (Å²) in [5.74, 6) is -1.02. The van der Waals surface area contributed by atoms with E-state index in [1.807, 2.05) is 0 Å². The number of rotatable bonds is 8. The van der Waals surface area contributed by atoms with Crippen LogP contribution in [0.15, 0.2) is 0 Å². The van der Waals surface area contributed by atoms with E-state index in [4.69, 9.17) is 4.84 Å². The van der Waals surface area contributed by atoms with E-state index < -0.39 is 17.8 Å². The van der Waals surface area contributed by atoms with Crippen LogP contribution in [0.5, 0.6) is 0 Å². The van der Waals surface area contributed by atoms with Crippen molar-refractivity contribution in [2.75, 3.05) is 0 Å². The summed E-state index contributed by atoms with van der Waals surface area (Å²) >= 11 is 0. The third-order valence-electron chi connectivity index (χ3n) is 3.04. The number of imide groups is 1. The van der Waals surface area contributed by atoms with Gasteiger partial charge in [0.15, 0.2) is 0 Å². The van der Waals surface area contributed by atoms with Gasteiger partial charge in [0, 0.05) is 32.1 Å². The molecule has 0 radical (unpaired) electrons. The van der Waals surface area contributed by atoms with Crippen molar-refractivity contribution in [1.82, 2.24) is 5.06 Å². The summed E-state index contributed by atoms with van der Waals surface area (Å²) in [6.45, 7) is 4.10. The lowest BCUT2D eigenvalue weighted by Crippen LogP contribution is -2.32. The first kappa shape index (κ1) is 16.3. The molecule has 1 aliphatic heterocycles. The van der Waals surface area contributed by atoms with E-state index in [0.717, 1.165) is 6.42 Å². The van der Waals surface area contributed by atoms with Crippen molar-refractivity contribution >= 4 is 23.6 Å². The van der Waals surface area contributed by atoms with Gasteiger partial charge in [0.05, 0.1) is 0 Å². The van der Waals surface area contributed by atoms with Crippen LogP contribution in [-0.2, 0) is 24.0 Å². The first-order valence-electron chi connectivity index (χ1n) is 6.98. The number of hydrogen-bond acceptors (Lipinski definition) is 5. The molecule has 0 aromatic carbocycles. The largest absolute Gasteiger partial charge is 0.333 e. The number of ketones is 1. The summed E-state index contributed by atoms with van der Waals surface area (Å²) in [5.41, 5.74) is 0. The second-order valence-corrected chi connectivity index (χ2v) is 5.37. The zero-order chi connectivity index (χ0) is 15.1. The minimum Gasteiger partial charge on any atom is -0.330 e. The number of hydrogen-bond donors (Lipinski definition) is 0. The van der Waals surface area contributed by atoms with Crippen LogP contribution < -0.4 is 0 Å². The Labute approximate surface area is 118 Å². The van der Waals surface area contributed by atoms with E-state index in [1.165, 1.54) is 0 Å². The van der Waals surface area contributed by atoms with Gasteiger partial charge in [-0.3, -0.25) is 14.4 Å². The van der Waals surface area contributed by atoms with Crippen molar-refractivity contribution in [1.29, 1.82) is 0 Å². The molecule has 0 aromatic rings. The van der Waals surface area contributed by atoms with Gasteiger partial charge in [-0.05, 0) is 18.8 Å². The third-order valence-corrected chi connectivity index (χ3v) is 3.04. The molecule has 1 fully saturated rings. The number of carbonyl (C=O) groups is 4. The molecule has 0 aromatic heterocycles. The van der Waals surface area contributed by atoms with E-state index in [1.54, 1.807) is 0 Å². The van der Waals surface area contributed by atoms with Gasteiger partial charge in [-0.15, -0.1) is 5.06 Å². The Morgan fingerprint density at radius 1 is 1.10 bits per heavy atom. The summed E-state index contributed by atoms with van der Waals surface area (Å²) in [4.78, 5) is 50.1. The van der Waals surface area contributed by atoms with Crippen molar-refractivity contribution in [2.45, 2.75) is 58.8 Å². The van der Waals surface area contributed by atoms with Gasteiger partial charge in [-0.2, -0.15) is 0 Å². The molecule has 0 N–H and O–H groups in total. The average molecular weight is 283 g/mol. The Morgan fingerprint density at radius 2 is 1.70 bits per heavy atom. The summed E-state index contributed by atoms with van der Waals surface area (Å²) in [6.07, 6.45) is 2.27. The molecule has 6 nitrogen and oxygen atoms in total. The van der Waals surface area contributed by atoms with Crippen molar-refractivity contribution < 1.29 is 24.0 Å². The molecule has 0 spiro atoms. The van der Waals surface area contributed by atoms with Crippen LogP contribution in [0, 0.1) is 5.92 Å². The van der Waals surface area contributed by atoms with Crippen LogP contribution in [0.1, 0.15) is 58.8 Å². The highest BCUT2D eigenvalue weighted by Crippen LogP contribution is 2.13. The second kappa shape index (κ2) is 7.77. The summed E-state index contributed by atoms with van der Waals surface area (Å²) in [7, 11) is 0. The lowest BCUT2D eigenvalue weighted by molar-refractivity contribution is -0.197. The maximum absolute atomic E-state index is 11.5. The number of nitrogens with zero attached hydrogens (tertiary/aromatic N) is 1. The predicted octanol–water partition coefficient (Wildman–Crippen LogP) is 1.77. The Kier molecular flexibility index (Phi) is 6.35. The van der Waals surface area contributed by atoms with Crippen LogP contribution in [0.2, 0.25) is 0 Å². The quantitative estimate of drug-likeness (QED) is 0.634. The van der Waals surface area contributed by atoms with Gasteiger partial charge in [0.25, 0.3) is 11.8 Å². The van der Waals surface area contributed by atoms with E-state index in [9.17, 15) is 19.2 Å². The Morgan fingerprint density at radius 3 is 2.25 bits per heavy atom. The Hall–Kier alpha value is -1.72. The lowest BCUT2D eigenvalue weighted by atomic mass is 10.0. The van der Waals surface area contributed by atoms with Crippen LogP contribution in [-0.4, -0.2) is 28.6 Å². The second-order valence-electron chi connectivity index (χ2n) is 5.37. The minimum absolute atomic E-state index is 0.0322. The Bertz CT molecular complexity index is 386. The molecule has 0 unspecified atom stereocenters. The zero-order valence-corrected chi connectivity index (χ0v) is 12.0. The highest BCUT2D eigenvalue weighted by molar-refractivity contribution is 6.01. The molecule has 6 heteroatoms. The van der Waals surface area contributed by atoms with E-state index in [2.05, 4.69) is 13.8 Å². The maximum atomic E-state index is 11.5. The predicted molar refractivity (Wildman–Crippen MR) is 70.1 cm³/mol. The first-order chi connectivity index (χ1) is 9.40. The summed E-state index contributed by atoms with van der Waals surface area (Å²) in [6, 6.07) is 0. The molecule has 1 saturated heterocycles.